The zero-order chi connectivity index (χ0) is 30.5. The number of aromatic hydroxyl groups is 2. The third kappa shape index (κ3) is 10.2. The second kappa shape index (κ2) is 16.5. The van der Waals surface area contributed by atoms with Crippen molar-refractivity contribution in [3.8, 4) is 23.0 Å². The Morgan fingerprint density at radius 2 is 0.762 bits per heavy atom. The van der Waals surface area contributed by atoms with E-state index in [9.17, 15) is 10.2 Å². The number of phenolic OH excluding ortho intramolecular Hbond substituents is 2. The molecule has 0 saturated heterocycles. The minimum atomic E-state index is 0.165. The Morgan fingerprint density at radius 3 is 1.07 bits per heavy atom. The summed E-state index contributed by atoms with van der Waals surface area (Å²) in [5.41, 5.74) is 5.19. The fraction of sp³-hybridized carbons (Fsp3) is 0.368. The van der Waals surface area contributed by atoms with E-state index in [1.54, 1.807) is 26.4 Å². The number of benzene rings is 4. The lowest BCUT2D eigenvalue weighted by Gasteiger charge is -2.21. The van der Waals surface area contributed by atoms with Crippen molar-refractivity contribution in [2.75, 3.05) is 14.2 Å². The molecule has 0 fully saturated rings. The maximum absolute atomic E-state index is 9.69. The van der Waals surface area contributed by atoms with E-state index in [1.165, 1.54) is 24.0 Å². The van der Waals surface area contributed by atoms with Crippen LogP contribution in [0.5, 0.6) is 23.0 Å². The molecule has 0 heterocycles. The summed E-state index contributed by atoms with van der Waals surface area (Å²) in [6, 6.07) is 32.6. The van der Waals surface area contributed by atoms with Crippen molar-refractivity contribution in [1.82, 2.24) is 0 Å². The Kier molecular flexibility index (Phi) is 12.8. The molecule has 4 aromatic carbocycles. The first-order valence-corrected chi connectivity index (χ1v) is 15.0. The Hall–Kier alpha value is -3.92. The van der Waals surface area contributed by atoms with Gasteiger partial charge < -0.3 is 19.7 Å². The SMILES string of the molecule is CC(Cc1ccccc1)C(C)Cc1ccccc1.COc1cc(C[C@@H](C)[C@@H](C)Cc2ccc(O)c(OC)c2)ccc1O. The standard InChI is InChI=1S/C20H26O4.C18H22/c1-13(9-15-5-7-17(21)19(11-15)23-3)14(2)10-16-6-8-18(22)20(12-16)24-4;1-15(13-17-9-5-3-6-10-17)16(2)14-18-11-7-4-8-12-18/h5-8,11-14,21-22H,9-10H2,1-4H3;3-12,15-16H,13-14H2,1-2H3/t13-,14+;. The number of phenols is 2. The van der Waals surface area contributed by atoms with Gasteiger partial charge in [-0.25, -0.2) is 0 Å². The quantitative estimate of drug-likeness (QED) is 0.179. The van der Waals surface area contributed by atoms with Gasteiger partial charge in [0.05, 0.1) is 14.2 Å². The van der Waals surface area contributed by atoms with Crippen LogP contribution in [-0.4, -0.2) is 24.4 Å². The van der Waals surface area contributed by atoms with Crippen LogP contribution >= 0.6 is 0 Å². The average molecular weight is 569 g/mol. The molecular weight excluding hydrogens is 520 g/mol. The van der Waals surface area contributed by atoms with Crippen molar-refractivity contribution < 1.29 is 19.7 Å². The fourth-order valence-electron chi connectivity index (χ4n) is 5.22. The summed E-state index contributed by atoms with van der Waals surface area (Å²) in [6.07, 6.45) is 4.17. The summed E-state index contributed by atoms with van der Waals surface area (Å²) in [7, 11) is 3.12. The zero-order valence-electron chi connectivity index (χ0n) is 26.1. The van der Waals surface area contributed by atoms with E-state index in [0.29, 0.717) is 35.2 Å². The molecule has 2 unspecified atom stereocenters. The van der Waals surface area contributed by atoms with Crippen LogP contribution in [-0.2, 0) is 25.7 Å². The molecule has 4 rings (SSSR count). The van der Waals surface area contributed by atoms with Crippen molar-refractivity contribution in [3.63, 3.8) is 0 Å². The lowest BCUT2D eigenvalue weighted by Crippen LogP contribution is -2.13. The van der Waals surface area contributed by atoms with E-state index >= 15 is 0 Å². The van der Waals surface area contributed by atoms with Crippen LogP contribution in [0, 0.1) is 23.7 Å². The van der Waals surface area contributed by atoms with Gasteiger partial charge in [0.15, 0.2) is 23.0 Å². The summed E-state index contributed by atoms with van der Waals surface area (Å²) in [5, 5.41) is 19.4. The monoisotopic (exact) mass is 568 g/mol. The highest BCUT2D eigenvalue weighted by Gasteiger charge is 2.16. The smallest absolute Gasteiger partial charge is 0.160 e. The first kappa shape index (κ1) is 32.6. The lowest BCUT2D eigenvalue weighted by atomic mass is 9.85. The molecular formula is C38H48O4. The Morgan fingerprint density at radius 1 is 0.452 bits per heavy atom. The van der Waals surface area contributed by atoms with Crippen LogP contribution in [0.4, 0.5) is 0 Å². The maximum Gasteiger partial charge on any atom is 0.160 e. The molecule has 0 bridgehead atoms. The van der Waals surface area contributed by atoms with Gasteiger partial charge >= 0.3 is 0 Å². The summed E-state index contributed by atoms with van der Waals surface area (Å²) >= 11 is 0. The van der Waals surface area contributed by atoms with Gasteiger partial charge in [0.1, 0.15) is 0 Å². The van der Waals surface area contributed by atoms with Crippen LogP contribution in [0.15, 0.2) is 97.1 Å². The summed E-state index contributed by atoms with van der Waals surface area (Å²) < 4.78 is 10.3. The number of rotatable bonds is 12. The van der Waals surface area contributed by atoms with Crippen molar-refractivity contribution in [2.45, 2.75) is 53.4 Å². The average Bonchev–Trinajstić information content (AvgIpc) is 3.00. The van der Waals surface area contributed by atoms with E-state index in [0.717, 1.165) is 24.0 Å². The molecule has 42 heavy (non-hydrogen) atoms. The molecule has 0 saturated carbocycles. The molecule has 0 aromatic heterocycles. The van der Waals surface area contributed by atoms with E-state index < -0.39 is 0 Å². The zero-order valence-corrected chi connectivity index (χ0v) is 26.1. The molecule has 0 amide bonds. The number of ether oxygens (including phenoxy) is 2. The van der Waals surface area contributed by atoms with Crippen molar-refractivity contribution in [1.29, 1.82) is 0 Å². The van der Waals surface area contributed by atoms with Crippen LogP contribution in [0.2, 0.25) is 0 Å². The van der Waals surface area contributed by atoms with Gasteiger partial charge in [-0.2, -0.15) is 0 Å². The topological polar surface area (TPSA) is 58.9 Å². The highest BCUT2D eigenvalue weighted by molar-refractivity contribution is 5.43. The Labute approximate surface area is 253 Å². The van der Waals surface area contributed by atoms with Crippen LogP contribution in [0.3, 0.4) is 0 Å². The van der Waals surface area contributed by atoms with E-state index in [4.69, 9.17) is 9.47 Å². The fourth-order valence-corrected chi connectivity index (χ4v) is 5.22. The molecule has 4 heteroatoms. The molecule has 2 N–H and O–H groups in total. The molecule has 4 aromatic rings. The largest absolute Gasteiger partial charge is 0.504 e. The van der Waals surface area contributed by atoms with Gasteiger partial charge in [-0.05, 0) is 95.9 Å². The second-order valence-electron chi connectivity index (χ2n) is 11.7. The molecule has 0 spiro atoms. The number of hydrogen-bond donors (Lipinski definition) is 2. The molecule has 4 nitrogen and oxygen atoms in total. The number of methoxy groups -OCH3 is 2. The lowest BCUT2D eigenvalue weighted by molar-refractivity contribution is 0.364. The summed E-state index contributed by atoms with van der Waals surface area (Å²) in [4.78, 5) is 0. The first-order chi connectivity index (χ1) is 20.2. The normalized spacial score (nSPS) is 13.7. The van der Waals surface area contributed by atoms with Gasteiger partial charge in [-0.1, -0.05) is 100 Å². The van der Waals surface area contributed by atoms with Crippen molar-refractivity contribution in [2.24, 2.45) is 23.7 Å². The van der Waals surface area contributed by atoms with Crippen molar-refractivity contribution in [3.05, 3.63) is 119 Å². The highest BCUT2D eigenvalue weighted by Crippen LogP contribution is 2.31. The van der Waals surface area contributed by atoms with E-state index in [-0.39, 0.29) is 11.5 Å². The van der Waals surface area contributed by atoms with E-state index in [1.807, 2.05) is 24.3 Å². The third-order valence-corrected chi connectivity index (χ3v) is 8.35. The van der Waals surface area contributed by atoms with Crippen LogP contribution in [0.25, 0.3) is 0 Å². The molecule has 4 atom stereocenters. The van der Waals surface area contributed by atoms with Gasteiger partial charge in [-0.3, -0.25) is 0 Å². The summed E-state index contributed by atoms with van der Waals surface area (Å²) in [5.74, 6) is 3.70. The minimum Gasteiger partial charge on any atom is -0.504 e. The van der Waals surface area contributed by atoms with Crippen LogP contribution in [0.1, 0.15) is 49.9 Å². The van der Waals surface area contributed by atoms with Crippen LogP contribution < -0.4 is 9.47 Å². The number of hydrogen-bond acceptors (Lipinski definition) is 4. The predicted molar refractivity (Wildman–Crippen MR) is 174 cm³/mol. The molecule has 0 aliphatic rings. The molecule has 0 aliphatic carbocycles. The van der Waals surface area contributed by atoms with Gasteiger partial charge in [-0.15, -0.1) is 0 Å². The first-order valence-electron chi connectivity index (χ1n) is 15.0. The predicted octanol–water partition coefficient (Wildman–Crippen LogP) is 8.92. The third-order valence-electron chi connectivity index (χ3n) is 8.35. The van der Waals surface area contributed by atoms with Crippen molar-refractivity contribution >= 4 is 0 Å². The Balaban J connectivity index is 0.000000240. The Bertz CT molecular complexity index is 1230. The molecule has 224 valence electrons. The van der Waals surface area contributed by atoms with Gasteiger partial charge in [0.2, 0.25) is 0 Å². The maximum atomic E-state index is 9.69. The second-order valence-corrected chi connectivity index (χ2v) is 11.7. The minimum absolute atomic E-state index is 0.165. The summed E-state index contributed by atoms with van der Waals surface area (Å²) in [6.45, 7) is 9.17. The molecule has 0 radical (unpaired) electrons. The highest BCUT2D eigenvalue weighted by atomic mass is 16.5. The molecule has 0 aliphatic heterocycles. The van der Waals surface area contributed by atoms with Gasteiger partial charge in [0.25, 0.3) is 0 Å². The van der Waals surface area contributed by atoms with Gasteiger partial charge in [0, 0.05) is 0 Å². The van der Waals surface area contributed by atoms with E-state index in [2.05, 4.69) is 88.4 Å².